The molecule has 26 heavy (non-hydrogen) atoms. The maximum Gasteiger partial charge on any atom is 0.355 e. The Bertz CT molecular complexity index is 905. The van der Waals surface area contributed by atoms with E-state index in [0.717, 1.165) is 21.7 Å². The van der Waals surface area contributed by atoms with Gasteiger partial charge in [-0.2, -0.15) is 0 Å². The number of nitrogens with one attached hydrogen (secondary N) is 1. The lowest BCUT2D eigenvalue weighted by molar-refractivity contribution is -0.132. The van der Waals surface area contributed by atoms with Gasteiger partial charge in [-0.25, -0.2) is 19.8 Å². The second-order valence-corrected chi connectivity index (χ2v) is 7.62. The minimum Gasteiger partial charge on any atom is -0.476 e. The lowest BCUT2D eigenvalue weighted by atomic mass is 10.1. The maximum atomic E-state index is 11.4. The lowest BCUT2D eigenvalue weighted by Gasteiger charge is -2.15. The van der Waals surface area contributed by atoms with Gasteiger partial charge in [-0.15, -0.1) is 11.8 Å². The van der Waals surface area contributed by atoms with E-state index in [2.05, 4.69) is 26.3 Å². The van der Waals surface area contributed by atoms with Crippen molar-refractivity contribution in [3.63, 3.8) is 0 Å². The smallest absolute Gasteiger partial charge is 0.355 e. The number of aryl methyl sites for hydroxylation is 2. The summed E-state index contributed by atoms with van der Waals surface area (Å²) in [6, 6.07) is 7.87. The summed E-state index contributed by atoms with van der Waals surface area (Å²) in [4.78, 5) is 25.3. The highest BCUT2D eigenvalue weighted by molar-refractivity contribution is 8.15. The molecule has 0 atom stereocenters. The Morgan fingerprint density at radius 2 is 2.00 bits per heavy atom. The Hall–Kier alpha value is -2.32. The van der Waals surface area contributed by atoms with Gasteiger partial charge in [0.1, 0.15) is 10.7 Å². The summed E-state index contributed by atoms with van der Waals surface area (Å²) in [5.74, 6) is 0.00738. The van der Waals surface area contributed by atoms with Crippen molar-refractivity contribution in [1.29, 1.82) is 0 Å². The van der Waals surface area contributed by atoms with Crippen molar-refractivity contribution in [2.24, 2.45) is 4.99 Å². The number of benzene rings is 1. The normalized spacial score (nSPS) is 14.2. The van der Waals surface area contributed by atoms with Gasteiger partial charge in [0.05, 0.1) is 0 Å². The van der Waals surface area contributed by atoms with Crippen LogP contribution in [0, 0.1) is 13.8 Å². The molecule has 0 fully saturated rings. The van der Waals surface area contributed by atoms with Gasteiger partial charge in [-0.05, 0) is 49.4 Å². The Morgan fingerprint density at radius 1 is 1.27 bits per heavy atom. The molecule has 2 aromatic rings. The highest BCUT2D eigenvalue weighted by Gasteiger charge is 2.22. The van der Waals surface area contributed by atoms with Crippen molar-refractivity contribution < 1.29 is 9.90 Å². The van der Waals surface area contributed by atoms with Crippen LogP contribution in [-0.2, 0) is 4.79 Å². The summed E-state index contributed by atoms with van der Waals surface area (Å²) < 4.78 is 0. The lowest BCUT2D eigenvalue weighted by Crippen LogP contribution is -2.13. The molecule has 0 amide bonds. The first-order valence-electron chi connectivity index (χ1n) is 7.87. The Morgan fingerprint density at radius 3 is 2.65 bits per heavy atom. The molecule has 134 valence electrons. The summed E-state index contributed by atoms with van der Waals surface area (Å²) in [5.41, 5.74) is 3.91. The van der Waals surface area contributed by atoms with Gasteiger partial charge in [0.25, 0.3) is 0 Å². The van der Waals surface area contributed by atoms with E-state index >= 15 is 0 Å². The predicted octanol–water partition coefficient (Wildman–Crippen LogP) is 3.99. The topological polar surface area (TPSA) is 87.5 Å². The number of carbonyl (C=O) groups is 1. The molecule has 1 aromatic carbocycles. The van der Waals surface area contributed by atoms with Gasteiger partial charge in [0, 0.05) is 22.5 Å². The van der Waals surface area contributed by atoms with E-state index in [4.69, 9.17) is 0 Å². The highest BCUT2D eigenvalue weighted by atomic mass is 32.2. The van der Waals surface area contributed by atoms with E-state index < -0.39 is 5.97 Å². The van der Waals surface area contributed by atoms with E-state index in [-0.39, 0.29) is 5.70 Å². The first kappa shape index (κ1) is 18.5. The second-order valence-electron chi connectivity index (χ2n) is 5.75. The van der Waals surface area contributed by atoms with Crippen LogP contribution in [0.25, 0.3) is 0 Å². The van der Waals surface area contributed by atoms with Crippen LogP contribution in [0.3, 0.4) is 0 Å². The molecule has 1 aliphatic rings. The Balaban J connectivity index is 1.90. The zero-order chi connectivity index (χ0) is 18.7. The number of aliphatic imine (C=N–C) groups is 1. The predicted molar refractivity (Wildman–Crippen MR) is 108 cm³/mol. The molecule has 1 aromatic heterocycles. The van der Waals surface area contributed by atoms with Gasteiger partial charge in [0.15, 0.2) is 5.70 Å². The van der Waals surface area contributed by atoms with E-state index in [0.29, 0.717) is 22.4 Å². The number of anilines is 2. The molecule has 3 rings (SSSR count). The van der Waals surface area contributed by atoms with Crippen molar-refractivity contribution in [2.45, 2.75) is 13.8 Å². The van der Waals surface area contributed by atoms with Crippen LogP contribution in [0.5, 0.6) is 0 Å². The Kier molecular flexibility index (Phi) is 5.63. The number of nitrogens with zero attached hydrogens (tertiary/aromatic N) is 3. The zero-order valence-electron chi connectivity index (χ0n) is 14.6. The van der Waals surface area contributed by atoms with E-state index in [1.165, 1.54) is 23.5 Å². The number of carboxylic acid groups (broad SMARTS) is 1. The number of aliphatic carboxylic acids is 1. The van der Waals surface area contributed by atoms with Crippen LogP contribution >= 0.6 is 23.5 Å². The number of hydrogen-bond donors (Lipinski definition) is 2. The Labute approximate surface area is 160 Å². The molecular formula is C18H18N4O2S2. The first-order chi connectivity index (χ1) is 12.5. The minimum atomic E-state index is -1.02. The van der Waals surface area contributed by atoms with Crippen molar-refractivity contribution in [2.75, 3.05) is 17.3 Å². The average Bonchev–Trinajstić information content (AvgIpc) is 2.60. The monoisotopic (exact) mass is 386 g/mol. The van der Waals surface area contributed by atoms with Crippen molar-refractivity contribution in [1.82, 2.24) is 9.97 Å². The molecular weight excluding hydrogens is 368 g/mol. The summed E-state index contributed by atoms with van der Waals surface area (Å²) >= 11 is 2.89. The fourth-order valence-electron chi connectivity index (χ4n) is 2.57. The fourth-order valence-corrected chi connectivity index (χ4v) is 4.36. The third-order valence-electron chi connectivity index (χ3n) is 3.62. The third-order valence-corrected chi connectivity index (χ3v) is 5.64. The first-order valence-corrected chi connectivity index (χ1v) is 10.1. The second kappa shape index (κ2) is 7.92. The van der Waals surface area contributed by atoms with Gasteiger partial charge < -0.3 is 10.4 Å². The molecule has 0 bridgehead atoms. The van der Waals surface area contributed by atoms with Gasteiger partial charge in [-0.3, -0.25) is 0 Å². The van der Waals surface area contributed by atoms with E-state index in [9.17, 15) is 9.90 Å². The van der Waals surface area contributed by atoms with Crippen LogP contribution in [-0.4, -0.2) is 38.1 Å². The number of aromatic nitrogens is 2. The van der Waals surface area contributed by atoms with Crippen LogP contribution in [0.2, 0.25) is 0 Å². The molecule has 0 saturated carbocycles. The number of carboxylic acids is 1. The molecule has 2 N–H and O–H groups in total. The van der Waals surface area contributed by atoms with Gasteiger partial charge in [0.2, 0.25) is 5.95 Å². The summed E-state index contributed by atoms with van der Waals surface area (Å²) in [6.07, 6.45) is 3.50. The average molecular weight is 387 g/mol. The molecule has 6 nitrogen and oxygen atoms in total. The summed E-state index contributed by atoms with van der Waals surface area (Å²) in [6.45, 7) is 4.07. The summed E-state index contributed by atoms with van der Waals surface area (Å²) in [5, 5.41) is 13.2. The maximum absolute atomic E-state index is 11.4. The van der Waals surface area contributed by atoms with Crippen LogP contribution in [0.15, 0.2) is 46.1 Å². The summed E-state index contributed by atoms with van der Waals surface area (Å²) in [7, 11) is 0. The van der Waals surface area contributed by atoms with Crippen molar-refractivity contribution in [3.8, 4) is 0 Å². The molecule has 0 unspecified atom stereocenters. The van der Waals surface area contributed by atoms with Crippen molar-refractivity contribution in [3.05, 3.63) is 57.9 Å². The van der Waals surface area contributed by atoms with Crippen LogP contribution < -0.4 is 5.32 Å². The molecule has 2 heterocycles. The fraction of sp³-hybridized carbons (Fsp3) is 0.222. The van der Waals surface area contributed by atoms with E-state index in [1.807, 2.05) is 32.2 Å². The largest absolute Gasteiger partial charge is 0.476 e. The zero-order valence-corrected chi connectivity index (χ0v) is 16.2. The third kappa shape index (κ3) is 4.25. The van der Waals surface area contributed by atoms with Gasteiger partial charge in [-0.1, -0.05) is 17.8 Å². The molecule has 0 spiro atoms. The molecule has 0 aliphatic carbocycles. The number of thioether (sulfide) groups is 2. The van der Waals surface area contributed by atoms with E-state index in [1.54, 1.807) is 12.3 Å². The quantitative estimate of drug-likeness (QED) is 0.803. The van der Waals surface area contributed by atoms with Gasteiger partial charge >= 0.3 is 5.97 Å². The molecule has 1 aliphatic heterocycles. The van der Waals surface area contributed by atoms with Crippen LogP contribution in [0.4, 0.5) is 11.6 Å². The molecule has 0 saturated heterocycles. The van der Waals surface area contributed by atoms with Crippen molar-refractivity contribution >= 4 is 46.2 Å². The molecule has 0 radical (unpaired) electrons. The number of rotatable bonds is 5. The minimum absolute atomic E-state index is 0.0914. The molecule has 8 heteroatoms. The number of hydrogen-bond acceptors (Lipinski definition) is 7. The van der Waals surface area contributed by atoms with Crippen LogP contribution in [0.1, 0.15) is 16.8 Å². The SMILES string of the molecule is CSC1=C(C(=O)O)N=C(c2ccnc(Nc3cc(C)cc(C)c3)n2)SC1. The highest BCUT2D eigenvalue weighted by Crippen LogP contribution is 2.31. The standard InChI is InChI=1S/C18H18N4O2S2/c1-10-6-11(2)8-12(7-10)20-18-19-5-4-13(21-18)16-22-15(17(23)24)14(25-3)9-26-16/h4-8H,9H2,1-3H3,(H,23,24)(H,19,20,21).